The van der Waals surface area contributed by atoms with Crippen molar-refractivity contribution < 1.29 is 4.79 Å². The van der Waals surface area contributed by atoms with Crippen molar-refractivity contribution in [3.63, 3.8) is 0 Å². The smallest absolute Gasteiger partial charge is 0.254 e. The van der Waals surface area contributed by atoms with E-state index in [2.05, 4.69) is 45.6 Å². The average Bonchev–Trinajstić information content (AvgIpc) is 3.11. The lowest BCUT2D eigenvalue weighted by molar-refractivity contribution is 0.0726. The molecule has 3 rings (SSSR count). The van der Waals surface area contributed by atoms with Crippen LogP contribution in [-0.2, 0) is 13.1 Å². The van der Waals surface area contributed by atoms with Crippen molar-refractivity contribution in [3.05, 3.63) is 89.0 Å². The third kappa shape index (κ3) is 5.78. The number of likely N-dealkylation sites (N-methyl/N-ethyl adjacent to an activating group) is 1. The molecule has 29 heavy (non-hydrogen) atoms. The van der Waals surface area contributed by atoms with E-state index in [1.54, 1.807) is 0 Å². The maximum atomic E-state index is 13.2. The highest BCUT2D eigenvalue weighted by Gasteiger charge is 2.18. The van der Waals surface area contributed by atoms with Crippen LogP contribution in [0.25, 0.3) is 0 Å². The van der Waals surface area contributed by atoms with Gasteiger partial charge in [0.1, 0.15) is 5.82 Å². The first-order valence-corrected chi connectivity index (χ1v) is 9.98. The van der Waals surface area contributed by atoms with Gasteiger partial charge in [-0.25, -0.2) is 4.98 Å². The van der Waals surface area contributed by atoms with Crippen LogP contribution in [0, 0.1) is 13.8 Å². The zero-order chi connectivity index (χ0) is 20.8. The molecule has 0 radical (unpaired) electrons. The van der Waals surface area contributed by atoms with Gasteiger partial charge in [-0.05, 0) is 45.6 Å². The Bertz CT molecular complexity index is 944. The van der Waals surface area contributed by atoms with Gasteiger partial charge in [0.15, 0.2) is 0 Å². The number of hydrogen-bond donors (Lipinski definition) is 0. The van der Waals surface area contributed by atoms with Crippen LogP contribution in [0.1, 0.15) is 32.9 Å². The van der Waals surface area contributed by atoms with Gasteiger partial charge in [-0.1, -0.05) is 47.5 Å². The fourth-order valence-corrected chi connectivity index (χ4v) is 3.27. The summed E-state index contributed by atoms with van der Waals surface area (Å²) in [6.07, 6.45) is 3.80. The van der Waals surface area contributed by atoms with E-state index in [1.165, 1.54) is 11.1 Å². The van der Waals surface area contributed by atoms with Crippen LogP contribution in [0.5, 0.6) is 0 Å². The summed E-state index contributed by atoms with van der Waals surface area (Å²) in [5, 5.41) is 0. The van der Waals surface area contributed by atoms with Gasteiger partial charge in [0.25, 0.3) is 5.91 Å². The van der Waals surface area contributed by atoms with Gasteiger partial charge in [0.05, 0.1) is 6.54 Å². The molecule has 0 aliphatic rings. The molecule has 5 nitrogen and oxygen atoms in total. The Kier molecular flexibility index (Phi) is 6.83. The van der Waals surface area contributed by atoms with Crippen molar-refractivity contribution >= 4 is 5.91 Å². The number of aromatic nitrogens is 2. The minimum atomic E-state index is 0.0388. The molecule has 3 aromatic rings. The lowest BCUT2D eigenvalue weighted by atomic mass is 10.1. The van der Waals surface area contributed by atoms with Crippen LogP contribution in [0.2, 0.25) is 0 Å². The maximum absolute atomic E-state index is 13.2. The van der Waals surface area contributed by atoms with Gasteiger partial charge in [0, 0.05) is 37.6 Å². The Balaban J connectivity index is 1.80. The molecule has 0 fully saturated rings. The summed E-state index contributed by atoms with van der Waals surface area (Å²) in [4.78, 5) is 21.7. The second-order valence-electron chi connectivity index (χ2n) is 7.86. The molecule has 1 aromatic heterocycles. The van der Waals surface area contributed by atoms with Crippen LogP contribution in [0.4, 0.5) is 0 Å². The van der Waals surface area contributed by atoms with E-state index in [4.69, 9.17) is 0 Å². The normalized spacial score (nSPS) is 11.1. The summed E-state index contributed by atoms with van der Waals surface area (Å²) in [6, 6.07) is 16.3. The van der Waals surface area contributed by atoms with Crippen LogP contribution >= 0.6 is 0 Å². The Morgan fingerprint density at radius 3 is 2.45 bits per heavy atom. The SMILES string of the molecule is Cc1ccc(C(=O)N(CCN(C)C)Cc2nccn2Cc2cccc(C)c2)cc1. The monoisotopic (exact) mass is 390 g/mol. The van der Waals surface area contributed by atoms with E-state index >= 15 is 0 Å². The molecule has 0 saturated heterocycles. The lowest BCUT2D eigenvalue weighted by Gasteiger charge is -2.25. The largest absolute Gasteiger partial charge is 0.330 e. The quantitative estimate of drug-likeness (QED) is 0.588. The fourth-order valence-electron chi connectivity index (χ4n) is 3.27. The zero-order valence-electron chi connectivity index (χ0n) is 17.8. The summed E-state index contributed by atoms with van der Waals surface area (Å²) < 4.78 is 2.12. The summed E-state index contributed by atoms with van der Waals surface area (Å²) in [6.45, 7) is 6.81. The number of amides is 1. The molecule has 2 aromatic carbocycles. The Hall–Kier alpha value is -2.92. The standard InChI is InChI=1S/C24H30N4O/c1-19-8-10-22(11-9-19)24(29)28(15-14-26(3)4)18-23-25-12-13-27(23)17-21-7-5-6-20(2)16-21/h5-13,16H,14-15,17-18H2,1-4H3. The van der Waals surface area contributed by atoms with E-state index in [0.29, 0.717) is 18.7 Å². The molecule has 0 aliphatic carbocycles. The number of rotatable bonds is 8. The molecule has 1 amide bonds. The summed E-state index contributed by atoms with van der Waals surface area (Å²) in [5.41, 5.74) is 4.33. The highest BCUT2D eigenvalue weighted by molar-refractivity contribution is 5.94. The van der Waals surface area contributed by atoms with Crippen LogP contribution in [-0.4, -0.2) is 52.4 Å². The molecule has 0 N–H and O–H groups in total. The molecular formula is C24H30N4O. The zero-order valence-corrected chi connectivity index (χ0v) is 17.8. The molecule has 0 atom stereocenters. The van der Waals surface area contributed by atoms with Gasteiger partial charge in [0.2, 0.25) is 0 Å². The van der Waals surface area contributed by atoms with Gasteiger partial charge in [-0.15, -0.1) is 0 Å². The summed E-state index contributed by atoms with van der Waals surface area (Å²) >= 11 is 0. The van der Waals surface area contributed by atoms with E-state index in [1.807, 2.05) is 62.6 Å². The van der Waals surface area contributed by atoms with Crippen molar-refractivity contribution in [3.8, 4) is 0 Å². The van der Waals surface area contributed by atoms with Crippen LogP contribution in [0.3, 0.4) is 0 Å². The molecule has 1 heterocycles. The van der Waals surface area contributed by atoms with Crippen molar-refractivity contribution in [2.24, 2.45) is 0 Å². The van der Waals surface area contributed by atoms with Gasteiger partial charge in [-0.2, -0.15) is 0 Å². The molecule has 0 saturated carbocycles. The molecule has 0 spiro atoms. The highest BCUT2D eigenvalue weighted by atomic mass is 16.2. The Morgan fingerprint density at radius 2 is 1.76 bits per heavy atom. The predicted octanol–water partition coefficient (Wildman–Crippen LogP) is 3.75. The summed E-state index contributed by atoms with van der Waals surface area (Å²) in [7, 11) is 4.04. The number of imidazole rings is 1. The number of carbonyl (C=O) groups is 1. The minimum Gasteiger partial charge on any atom is -0.330 e. The first-order valence-electron chi connectivity index (χ1n) is 9.98. The third-order valence-electron chi connectivity index (χ3n) is 4.97. The van der Waals surface area contributed by atoms with Crippen molar-refractivity contribution in [1.29, 1.82) is 0 Å². The molecule has 0 unspecified atom stereocenters. The van der Waals surface area contributed by atoms with Crippen molar-refractivity contribution in [2.45, 2.75) is 26.9 Å². The van der Waals surface area contributed by atoms with E-state index < -0.39 is 0 Å². The molecule has 152 valence electrons. The number of aryl methyl sites for hydroxylation is 2. The lowest BCUT2D eigenvalue weighted by Crippen LogP contribution is -2.37. The topological polar surface area (TPSA) is 41.4 Å². The van der Waals surface area contributed by atoms with Gasteiger partial charge in [-0.3, -0.25) is 4.79 Å². The van der Waals surface area contributed by atoms with Crippen LogP contribution < -0.4 is 0 Å². The van der Waals surface area contributed by atoms with Crippen molar-refractivity contribution in [2.75, 3.05) is 27.2 Å². The van der Waals surface area contributed by atoms with E-state index in [-0.39, 0.29) is 5.91 Å². The highest BCUT2D eigenvalue weighted by Crippen LogP contribution is 2.13. The Morgan fingerprint density at radius 1 is 1.00 bits per heavy atom. The Labute approximate surface area is 173 Å². The predicted molar refractivity (Wildman–Crippen MR) is 117 cm³/mol. The van der Waals surface area contributed by atoms with E-state index in [0.717, 1.165) is 24.5 Å². The molecule has 0 aliphatic heterocycles. The minimum absolute atomic E-state index is 0.0388. The van der Waals surface area contributed by atoms with Crippen molar-refractivity contribution in [1.82, 2.24) is 19.4 Å². The molecule has 0 bridgehead atoms. The van der Waals surface area contributed by atoms with Gasteiger partial charge >= 0.3 is 0 Å². The number of benzene rings is 2. The maximum Gasteiger partial charge on any atom is 0.254 e. The number of nitrogens with zero attached hydrogens (tertiary/aromatic N) is 4. The average molecular weight is 391 g/mol. The third-order valence-corrected chi connectivity index (χ3v) is 4.97. The number of carbonyl (C=O) groups excluding carboxylic acids is 1. The van der Waals surface area contributed by atoms with Gasteiger partial charge < -0.3 is 14.4 Å². The molecule has 5 heteroatoms. The first kappa shape index (κ1) is 20.8. The fraction of sp³-hybridized carbons (Fsp3) is 0.333. The number of hydrogen-bond acceptors (Lipinski definition) is 3. The van der Waals surface area contributed by atoms with Crippen LogP contribution in [0.15, 0.2) is 60.9 Å². The van der Waals surface area contributed by atoms with E-state index in [9.17, 15) is 4.79 Å². The first-order chi connectivity index (χ1) is 13.9. The molecular weight excluding hydrogens is 360 g/mol. The second kappa shape index (κ2) is 9.52. The second-order valence-corrected chi connectivity index (χ2v) is 7.86. The summed E-state index contributed by atoms with van der Waals surface area (Å²) in [5.74, 6) is 0.933.